The van der Waals surface area contributed by atoms with Crippen LogP contribution < -0.4 is 5.32 Å². The molecule has 0 spiro atoms. The van der Waals surface area contributed by atoms with Crippen LogP contribution >= 0.6 is 11.6 Å². The van der Waals surface area contributed by atoms with E-state index >= 15 is 0 Å². The Morgan fingerprint density at radius 3 is 3.00 bits per heavy atom. The van der Waals surface area contributed by atoms with E-state index < -0.39 is 0 Å². The summed E-state index contributed by atoms with van der Waals surface area (Å²) in [6.45, 7) is 4.44. The molecule has 2 atom stereocenters. The molecular formula is C13H17ClFNO. The van der Waals surface area contributed by atoms with Crippen molar-refractivity contribution in [2.45, 2.75) is 19.4 Å². The summed E-state index contributed by atoms with van der Waals surface area (Å²) in [6, 6.07) is 5.17. The lowest BCUT2D eigenvalue weighted by Crippen LogP contribution is -2.28. The highest BCUT2D eigenvalue weighted by Crippen LogP contribution is 2.30. The topological polar surface area (TPSA) is 21.3 Å². The molecule has 1 aromatic carbocycles. The molecule has 94 valence electrons. The number of ether oxygens (including phenoxy) is 1. The molecule has 0 aromatic heterocycles. The summed E-state index contributed by atoms with van der Waals surface area (Å²) >= 11 is 5.70. The highest BCUT2D eigenvalue weighted by molar-refractivity contribution is 6.30. The first kappa shape index (κ1) is 12.8. The fourth-order valence-corrected chi connectivity index (χ4v) is 2.42. The average Bonchev–Trinajstić information content (AvgIpc) is 2.83. The summed E-state index contributed by atoms with van der Waals surface area (Å²) in [5.41, 5.74) is 0.948. The number of nitrogens with one attached hydrogen (secondary N) is 1. The number of hydrogen-bond acceptors (Lipinski definition) is 2. The maximum atomic E-state index is 13.5. The SMILES string of the molecule is CCNC(c1ccc(Cl)c(F)c1)C1CCOC1. The Hall–Kier alpha value is -0.640. The summed E-state index contributed by atoms with van der Waals surface area (Å²) in [5.74, 6) is 0.0570. The number of rotatable bonds is 4. The number of benzene rings is 1. The highest BCUT2D eigenvalue weighted by atomic mass is 35.5. The minimum Gasteiger partial charge on any atom is -0.381 e. The van der Waals surface area contributed by atoms with Gasteiger partial charge in [-0.1, -0.05) is 24.6 Å². The van der Waals surface area contributed by atoms with E-state index in [1.165, 1.54) is 6.07 Å². The van der Waals surface area contributed by atoms with Crippen LogP contribution in [0, 0.1) is 11.7 Å². The largest absolute Gasteiger partial charge is 0.381 e. The minimum atomic E-state index is -0.356. The minimum absolute atomic E-state index is 0.147. The van der Waals surface area contributed by atoms with Crippen LogP contribution in [0.25, 0.3) is 0 Å². The van der Waals surface area contributed by atoms with Crippen LogP contribution in [-0.2, 0) is 4.74 Å². The van der Waals surface area contributed by atoms with Gasteiger partial charge in [0.2, 0.25) is 0 Å². The van der Waals surface area contributed by atoms with Gasteiger partial charge in [0.15, 0.2) is 0 Å². The van der Waals surface area contributed by atoms with Crippen molar-refractivity contribution in [1.82, 2.24) is 5.32 Å². The molecule has 0 saturated carbocycles. The van der Waals surface area contributed by atoms with Crippen molar-refractivity contribution in [2.24, 2.45) is 5.92 Å². The fraction of sp³-hybridized carbons (Fsp3) is 0.538. The van der Waals surface area contributed by atoms with Crippen molar-refractivity contribution in [3.63, 3.8) is 0 Å². The first-order valence-electron chi connectivity index (χ1n) is 5.98. The van der Waals surface area contributed by atoms with Gasteiger partial charge in [-0.3, -0.25) is 0 Å². The summed E-state index contributed by atoms with van der Waals surface area (Å²) in [5, 5.41) is 3.57. The van der Waals surface area contributed by atoms with E-state index in [9.17, 15) is 4.39 Å². The van der Waals surface area contributed by atoms with Crippen LogP contribution in [0.5, 0.6) is 0 Å². The van der Waals surface area contributed by atoms with Crippen LogP contribution in [0.2, 0.25) is 5.02 Å². The predicted octanol–water partition coefficient (Wildman–Crippen LogP) is 3.17. The van der Waals surface area contributed by atoms with Crippen molar-refractivity contribution < 1.29 is 9.13 Å². The molecule has 1 aliphatic rings. The summed E-state index contributed by atoms with van der Waals surface area (Å²) in [4.78, 5) is 0. The third-order valence-corrected chi connectivity index (χ3v) is 3.47. The van der Waals surface area contributed by atoms with Crippen LogP contribution in [0.15, 0.2) is 18.2 Å². The van der Waals surface area contributed by atoms with Gasteiger partial charge in [0.05, 0.1) is 11.6 Å². The second-order valence-corrected chi connectivity index (χ2v) is 4.74. The van der Waals surface area contributed by atoms with Crippen LogP contribution in [0.4, 0.5) is 4.39 Å². The molecule has 2 nitrogen and oxygen atoms in total. The van der Waals surface area contributed by atoms with E-state index in [4.69, 9.17) is 16.3 Å². The zero-order valence-corrected chi connectivity index (χ0v) is 10.6. The Morgan fingerprint density at radius 2 is 2.41 bits per heavy atom. The van der Waals surface area contributed by atoms with Gasteiger partial charge in [0.25, 0.3) is 0 Å². The first-order chi connectivity index (χ1) is 8.22. The van der Waals surface area contributed by atoms with Crippen molar-refractivity contribution in [3.05, 3.63) is 34.6 Å². The average molecular weight is 258 g/mol. The lowest BCUT2D eigenvalue weighted by atomic mass is 9.92. The fourth-order valence-electron chi connectivity index (χ4n) is 2.30. The van der Waals surface area contributed by atoms with E-state index in [1.807, 2.05) is 6.07 Å². The van der Waals surface area contributed by atoms with Crippen LogP contribution in [0.3, 0.4) is 0 Å². The first-order valence-corrected chi connectivity index (χ1v) is 6.36. The van der Waals surface area contributed by atoms with Gasteiger partial charge in [-0.05, 0) is 30.7 Å². The van der Waals surface area contributed by atoms with E-state index in [-0.39, 0.29) is 16.9 Å². The predicted molar refractivity (Wildman–Crippen MR) is 66.8 cm³/mol. The number of halogens is 2. The summed E-state index contributed by atoms with van der Waals surface area (Å²) in [6.07, 6.45) is 1.02. The summed E-state index contributed by atoms with van der Waals surface area (Å²) in [7, 11) is 0. The van der Waals surface area contributed by atoms with Gasteiger partial charge in [-0.15, -0.1) is 0 Å². The van der Waals surface area contributed by atoms with Crippen LogP contribution in [-0.4, -0.2) is 19.8 Å². The Bertz CT molecular complexity index is 380. The maximum absolute atomic E-state index is 13.5. The van der Waals surface area contributed by atoms with Gasteiger partial charge in [0.1, 0.15) is 5.82 Å². The Balaban J connectivity index is 2.21. The smallest absolute Gasteiger partial charge is 0.142 e. The van der Waals surface area contributed by atoms with Crippen molar-refractivity contribution in [3.8, 4) is 0 Å². The molecule has 0 amide bonds. The monoisotopic (exact) mass is 257 g/mol. The van der Waals surface area contributed by atoms with E-state index in [2.05, 4.69) is 12.2 Å². The zero-order valence-electron chi connectivity index (χ0n) is 9.88. The normalized spacial score (nSPS) is 21.7. The molecule has 1 aromatic rings. The highest BCUT2D eigenvalue weighted by Gasteiger charge is 2.26. The maximum Gasteiger partial charge on any atom is 0.142 e. The van der Waals surface area contributed by atoms with Gasteiger partial charge >= 0.3 is 0 Å². The van der Waals surface area contributed by atoms with E-state index in [1.54, 1.807) is 6.07 Å². The summed E-state index contributed by atoms with van der Waals surface area (Å²) < 4.78 is 18.9. The van der Waals surface area contributed by atoms with Gasteiger partial charge in [-0.2, -0.15) is 0 Å². The lowest BCUT2D eigenvalue weighted by Gasteiger charge is -2.24. The Kier molecular flexibility index (Phi) is 4.37. The molecule has 0 radical (unpaired) electrons. The third kappa shape index (κ3) is 2.97. The van der Waals surface area contributed by atoms with E-state index in [0.717, 1.165) is 31.7 Å². The molecule has 1 N–H and O–H groups in total. The Labute approximate surface area is 106 Å². The second kappa shape index (κ2) is 5.80. The molecular weight excluding hydrogens is 241 g/mol. The Morgan fingerprint density at radius 1 is 1.59 bits per heavy atom. The number of hydrogen-bond donors (Lipinski definition) is 1. The molecule has 1 heterocycles. The van der Waals surface area contributed by atoms with Crippen LogP contribution in [0.1, 0.15) is 24.9 Å². The molecule has 17 heavy (non-hydrogen) atoms. The molecule has 2 unspecified atom stereocenters. The quantitative estimate of drug-likeness (QED) is 0.895. The standard InChI is InChI=1S/C13H17ClFNO/c1-2-16-13(10-5-6-17-8-10)9-3-4-11(14)12(15)7-9/h3-4,7,10,13,16H,2,5-6,8H2,1H3. The van der Waals surface area contributed by atoms with Crippen molar-refractivity contribution in [1.29, 1.82) is 0 Å². The third-order valence-electron chi connectivity index (χ3n) is 3.16. The molecule has 1 aliphatic heterocycles. The molecule has 2 rings (SSSR count). The van der Waals surface area contributed by atoms with Gasteiger partial charge in [-0.25, -0.2) is 4.39 Å². The lowest BCUT2D eigenvalue weighted by molar-refractivity contribution is 0.177. The zero-order chi connectivity index (χ0) is 12.3. The molecule has 0 aliphatic carbocycles. The van der Waals surface area contributed by atoms with Crippen molar-refractivity contribution >= 4 is 11.6 Å². The van der Waals surface area contributed by atoms with Crippen molar-refractivity contribution in [2.75, 3.05) is 19.8 Å². The van der Waals surface area contributed by atoms with E-state index in [0.29, 0.717) is 5.92 Å². The van der Waals surface area contributed by atoms with Gasteiger partial charge in [0, 0.05) is 18.6 Å². The molecule has 1 fully saturated rings. The molecule has 4 heteroatoms. The van der Waals surface area contributed by atoms with Gasteiger partial charge < -0.3 is 10.1 Å². The molecule has 0 bridgehead atoms. The molecule has 1 saturated heterocycles. The second-order valence-electron chi connectivity index (χ2n) is 4.33.